The molecule has 1 aromatic carbocycles. The van der Waals surface area contributed by atoms with Crippen molar-refractivity contribution in [1.29, 1.82) is 0 Å². The van der Waals surface area contributed by atoms with Crippen LogP contribution in [-0.4, -0.2) is 24.1 Å². The van der Waals surface area contributed by atoms with Crippen LogP contribution >= 0.6 is 11.3 Å². The summed E-state index contributed by atoms with van der Waals surface area (Å²) in [6.45, 7) is 6.56. The van der Waals surface area contributed by atoms with Gasteiger partial charge in [0.15, 0.2) is 11.0 Å². The predicted molar refractivity (Wildman–Crippen MR) is 104 cm³/mol. The third-order valence-corrected chi connectivity index (χ3v) is 5.43. The van der Waals surface area contributed by atoms with E-state index >= 15 is 0 Å². The fourth-order valence-electron chi connectivity index (χ4n) is 2.44. The van der Waals surface area contributed by atoms with Gasteiger partial charge in [0.05, 0.1) is 17.7 Å². The van der Waals surface area contributed by atoms with Gasteiger partial charge in [0, 0.05) is 30.3 Å². The van der Waals surface area contributed by atoms with Gasteiger partial charge in [-0.3, -0.25) is 4.18 Å². The zero-order chi connectivity index (χ0) is 20.0. The molecule has 9 heteroatoms. The Balaban J connectivity index is 0.000000321. The lowest BCUT2D eigenvalue weighted by molar-refractivity contribution is -0.667. The summed E-state index contributed by atoms with van der Waals surface area (Å²) in [6.07, 6.45) is 2.11. The Morgan fingerprint density at radius 3 is 2.48 bits per heavy atom. The Kier molecular flexibility index (Phi) is 7.25. The Morgan fingerprint density at radius 2 is 1.96 bits per heavy atom. The van der Waals surface area contributed by atoms with E-state index in [4.69, 9.17) is 4.99 Å². The second kappa shape index (κ2) is 9.23. The number of hydrogen-bond acceptors (Lipinski definition) is 6. The largest absolute Gasteiger partial charge is 0.726 e. The molecule has 7 nitrogen and oxygen atoms in total. The highest BCUT2D eigenvalue weighted by Gasteiger charge is 2.10. The first-order chi connectivity index (χ1) is 12.8. The first-order valence-electron chi connectivity index (χ1n) is 8.44. The van der Waals surface area contributed by atoms with Gasteiger partial charge < -0.3 is 9.12 Å². The molecule has 0 fully saturated rings. The summed E-state index contributed by atoms with van der Waals surface area (Å²) in [6, 6.07) is 10.5. The van der Waals surface area contributed by atoms with Crippen LogP contribution in [0.3, 0.4) is 0 Å². The van der Waals surface area contributed by atoms with Crippen LogP contribution in [0.25, 0.3) is 10.9 Å². The van der Waals surface area contributed by atoms with Crippen molar-refractivity contribution in [3.8, 4) is 0 Å². The Labute approximate surface area is 163 Å². The number of aryl methyl sites for hydroxylation is 2. The number of rotatable bonds is 4. The van der Waals surface area contributed by atoms with E-state index in [0.29, 0.717) is 0 Å². The molecular formula is C18H23N3O4S2. The summed E-state index contributed by atoms with van der Waals surface area (Å²) in [7, 11) is -2.37. The van der Waals surface area contributed by atoms with Crippen molar-refractivity contribution in [3.63, 3.8) is 0 Å². The maximum Gasteiger partial charge on any atom is 0.217 e. The molecule has 2 aromatic heterocycles. The summed E-state index contributed by atoms with van der Waals surface area (Å²) in [5.41, 5.74) is 3.49. The quantitative estimate of drug-likeness (QED) is 0.376. The smallest absolute Gasteiger partial charge is 0.217 e. The van der Waals surface area contributed by atoms with E-state index in [1.54, 1.807) is 11.3 Å². The van der Waals surface area contributed by atoms with Gasteiger partial charge in [0.25, 0.3) is 0 Å². The number of thiazole rings is 1. The van der Waals surface area contributed by atoms with Crippen molar-refractivity contribution >= 4 is 38.3 Å². The van der Waals surface area contributed by atoms with Gasteiger partial charge in [-0.1, -0.05) is 12.1 Å². The van der Waals surface area contributed by atoms with Gasteiger partial charge in [0.2, 0.25) is 15.9 Å². The number of aromatic nitrogens is 2. The molecule has 0 atom stereocenters. The van der Waals surface area contributed by atoms with Crippen LogP contribution in [0.4, 0.5) is 5.69 Å². The van der Waals surface area contributed by atoms with Crippen molar-refractivity contribution in [2.75, 3.05) is 6.61 Å². The van der Waals surface area contributed by atoms with E-state index in [-0.39, 0.29) is 6.61 Å². The summed E-state index contributed by atoms with van der Waals surface area (Å²) >= 11 is 1.68. The monoisotopic (exact) mass is 409 g/mol. The zero-order valence-corrected chi connectivity index (χ0v) is 17.4. The third kappa shape index (κ3) is 5.70. The van der Waals surface area contributed by atoms with Crippen LogP contribution in [-0.2, 0) is 28.2 Å². The lowest BCUT2D eigenvalue weighted by Gasteiger charge is -2.02. The number of benzene rings is 1. The zero-order valence-electron chi connectivity index (χ0n) is 15.7. The molecule has 0 radical (unpaired) electrons. The topological polar surface area (TPSA) is 87.6 Å². The molecule has 0 unspecified atom stereocenters. The Morgan fingerprint density at radius 1 is 1.26 bits per heavy atom. The van der Waals surface area contributed by atoms with Gasteiger partial charge in [-0.25, -0.2) is 13.4 Å². The first kappa shape index (κ1) is 21.2. The Hall–Kier alpha value is -2.07. The van der Waals surface area contributed by atoms with Crippen LogP contribution in [0.5, 0.6) is 0 Å². The van der Waals surface area contributed by atoms with E-state index in [1.807, 2.05) is 0 Å². The molecule has 3 aromatic rings. The molecule has 0 aliphatic carbocycles. The van der Waals surface area contributed by atoms with Crippen LogP contribution in [0.15, 0.2) is 46.9 Å². The van der Waals surface area contributed by atoms with Gasteiger partial charge in [-0.15, -0.1) is 11.3 Å². The molecule has 27 heavy (non-hydrogen) atoms. The average molecular weight is 410 g/mol. The average Bonchev–Trinajstić information content (AvgIpc) is 2.94. The van der Waals surface area contributed by atoms with E-state index in [2.05, 4.69) is 76.1 Å². The van der Waals surface area contributed by atoms with Gasteiger partial charge in [0.1, 0.15) is 6.54 Å². The summed E-state index contributed by atoms with van der Waals surface area (Å²) < 4.78 is 36.4. The van der Waals surface area contributed by atoms with Crippen LogP contribution < -0.4 is 9.37 Å². The lowest BCUT2D eigenvalue weighted by Crippen LogP contribution is -2.32. The molecule has 0 amide bonds. The maximum atomic E-state index is 9.45. The first-order valence-corrected chi connectivity index (χ1v) is 10.7. The van der Waals surface area contributed by atoms with Crippen LogP contribution in [0.1, 0.15) is 19.5 Å². The summed E-state index contributed by atoms with van der Waals surface area (Å²) in [5.74, 6) is 0. The Bertz CT molecular complexity index is 1090. The fourth-order valence-corrected chi connectivity index (χ4v) is 3.62. The lowest BCUT2D eigenvalue weighted by atomic mass is 10.2. The number of para-hydroxylation sites is 1. The molecular weight excluding hydrogens is 386 g/mol. The molecule has 0 bridgehead atoms. The minimum atomic E-state index is -4.42. The summed E-state index contributed by atoms with van der Waals surface area (Å²) in [5, 5.41) is 3.33. The van der Waals surface area contributed by atoms with Crippen molar-refractivity contribution in [2.24, 2.45) is 12.0 Å². The molecule has 2 heterocycles. The van der Waals surface area contributed by atoms with Gasteiger partial charge in [-0.2, -0.15) is 4.57 Å². The standard InChI is InChI=1S/C16H18N3S.C2H6O4S/c1-4-19-10-9-14(13-7-5-6-8-15(13)19)17-16-18(3)12(2)11-20-16;1-2-6-7(3,4)5/h5-11H,4H2,1-3H3;2H2,1H3,(H,3,4,5)/q+1;/p-1. The van der Waals surface area contributed by atoms with E-state index in [0.717, 1.165) is 17.0 Å². The highest BCUT2D eigenvalue weighted by molar-refractivity contribution is 7.80. The second-order valence-corrected chi connectivity index (χ2v) is 7.54. The molecule has 0 saturated carbocycles. The van der Waals surface area contributed by atoms with Crippen molar-refractivity contribution < 1.29 is 21.7 Å². The molecule has 3 rings (SSSR count). The molecule has 0 saturated heterocycles. The van der Waals surface area contributed by atoms with E-state index < -0.39 is 10.4 Å². The maximum absolute atomic E-state index is 9.45. The van der Waals surface area contributed by atoms with Gasteiger partial charge >= 0.3 is 0 Å². The van der Waals surface area contributed by atoms with E-state index in [9.17, 15) is 13.0 Å². The van der Waals surface area contributed by atoms with E-state index in [1.165, 1.54) is 23.5 Å². The number of nitrogens with zero attached hydrogens (tertiary/aromatic N) is 3. The SMILES string of the molecule is CCOS(=O)(=O)[O-].CC[n+]1ccc(N=c2scc(C)n2C)c2ccccc21. The summed E-state index contributed by atoms with van der Waals surface area (Å²) in [4.78, 5) is 5.86. The molecule has 146 valence electrons. The number of pyridine rings is 1. The van der Waals surface area contributed by atoms with Crippen LogP contribution in [0.2, 0.25) is 0 Å². The highest BCUT2D eigenvalue weighted by atomic mass is 32.3. The third-order valence-electron chi connectivity index (χ3n) is 3.87. The fraction of sp³-hybridized carbons (Fsp3) is 0.333. The minimum Gasteiger partial charge on any atom is -0.726 e. The molecule has 0 aliphatic heterocycles. The normalized spacial score (nSPS) is 12.1. The number of fused-ring (bicyclic) bond motifs is 1. The molecule has 0 N–H and O–H groups in total. The van der Waals surface area contributed by atoms with Crippen molar-refractivity contribution in [2.45, 2.75) is 27.3 Å². The van der Waals surface area contributed by atoms with Crippen molar-refractivity contribution in [3.05, 3.63) is 52.4 Å². The van der Waals surface area contributed by atoms with Crippen LogP contribution in [0, 0.1) is 6.92 Å². The molecule has 0 spiro atoms. The predicted octanol–water partition coefficient (Wildman–Crippen LogP) is 2.57. The van der Waals surface area contributed by atoms with Crippen molar-refractivity contribution in [1.82, 2.24) is 4.57 Å². The van der Waals surface area contributed by atoms with Gasteiger partial charge in [-0.05, 0) is 26.8 Å². The minimum absolute atomic E-state index is 0.0914. The molecule has 0 aliphatic rings. The number of hydrogen-bond donors (Lipinski definition) is 0. The second-order valence-electron chi connectivity index (χ2n) is 5.65. The highest BCUT2D eigenvalue weighted by Crippen LogP contribution is 2.22.